The number of rotatable bonds is 4. The fourth-order valence-electron chi connectivity index (χ4n) is 1.91. The molecule has 0 fully saturated rings. The van der Waals surface area contributed by atoms with E-state index in [-0.39, 0.29) is 0 Å². The van der Waals surface area contributed by atoms with Crippen molar-refractivity contribution >= 4 is 34.5 Å². The summed E-state index contributed by atoms with van der Waals surface area (Å²) >= 11 is 7.62. The third-order valence-electron chi connectivity index (χ3n) is 2.84. The maximum atomic E-state index is 6.08. The van der Waals surface area contributed by atoms with Crippen molar-refractivity contribution in [2.45, 2.75) is 16.3 Å². The first-order chi connectivity index (χ1) is 9.78. The van der Waals surface area contributed by atoms with Crippen LogP contribution in [0.25, 0.3) is 11.2 Å². The minimum Gasteiger partial charge on any atom is -0.341 e. The molecule has 0 spiro atoms. The number of nitrogens with zero attached hydrogens (tertiary/aromatic N) is 3. The lowest BCUT2D eigenvalue weighted by molar-refractivity contribution is 0.943. The molecule has 3 rings (SSSR count). The van der Waals surface area contributed by atoms with E-state index in [2.05, 4.69) is 19.9 Å². The van der Waals surface area contributed by atoms with E-state index in [4.69, 9.17) is 17.3 Å². The quantitative estimate of drug-likeness (QED) is 0.724. The summed E-state index contributed by atoms with van der Waals surface area (Å²) in [6.45, 7) is 0.596. The number of aromatic nitrogens is 4. The second-order valence-corrected chi connectivity index (χ2v) is 5.64. The molecule has 5 nitrogen and oxygen atoms in total. The summed E-state index contributed by atoms with van der Waals surface area (Å²) in [6, 6.07) is 5.81. The second-order valence-electron chi connectivity index (χ2n) is 4.17. The van der Waals surface area contributed by atoms with Crippen LogP contribution in [0.2, 0.25) is 5.02 Å². The maximum absolute atomic E-state index is 6.08. The molecule has 0 saturated carbocycles. The third kappa shape index (κ3) is 2.63. The van der Waals surface area contributed by atoms with Crippen LogP contribution < -0.4 is 5.73 Å². The Morgan fingerprint density at radius 2 is 2.15 bits per heavy atom. The molecule has 0 radical (unpaired) electrons. The van der Waals surface area contributed by atoms with Gasteiger partial charge in [0.25, 0.3) is 0 Å². The normalized spacial score (nSPS) is 11.1. The van der Waals surface area contributed by atoms with E-state index in [0.29, 0.717) is 17.2 Å². The number of H-pyrrole nitrogens is 1. The van der Waals surface area contributed by atoms with E-state index in [0.717, 1.165) is 27.4 Å². The molecule has 20 heavy (non-hydrogen) atoms. The van der Waals surface area contributed by atoms with Crippen molar-refractivity contribution in [1.82, 2.24) is 19.9 Å². The second kappa shape index (κ2) is 5.78. The first kappa shape index (κ1) is 13.4. The molecule has 0 saturated heterocycles. The van der Waals surface area contributed by atoms with Crippen molar-refractivity contribution in [3.63, 3.8) is 0 Å². The smallest absolute Gasteiger partial charge is 0.181 e. The van der Waals surface area contributed by atoms with Crippen molar-refractivity contribution in [3.8, 4) is 0 Å². The van der Waals surface area contributed by atoms with Crippen LogP contribution in [0.5, 0.6) is 0 Å². The number of benzene rings is 1. The number of imidazole rings is 1. The Balaban J connectivity index is 2.02. The Hall–Kier alpha value is -1.63. The summed E-state index contributed by atoms with van der Waals surface area (Å²) in [5, 5.41) is 1.52. The third-order valence-corrected chi connectivity index (χ3v) is 4.18. The van der Waals surface area contributed by atoms with Crippen LogP contribution in [-0.2, 0) is 6.42 Å². The van der Waals surface area contributed by atoms with E-state index in [1.807, 2.05) is 18.2 Å². The highest BCUT2D eigenvalue weighted by atomic mass is 35.5. The first-order valence-electron chi connectivity index (χ1n) is 6.08. The highest BCUT2D eigenvalue weighted by molar-refractivity contribution is 7.99. The number of fused-ring (bicyclic) bond motifs is 1. The van der Waals surface area contributed by atoms with Gasteiger partial charge in [0.05, 0.1) is 6.33 Å². The average Bonchev–Trinajstić information content (AvgIpc) is 2.91. The molecule has 2 heterocycles. The van der Waals surface area contributed by atoms with Crippen molar-refractivity contribution in [2.75, 3.05) is 6.54 Å². The van der Waals surface area contributed by atoms with Gasteiger partial charge in [0, 0.05) is 9.92 Å². The van der Waals surface area contributed by atoms with Crippen LogP contribution in [-0.4, -0.2) is 26.5 Å². The number of hydrogen-bond donors (Lipinski definition) is 2. The number of hydrogen-bond acceptors (Lipinski definition) is 5. The predicted molar refractivity (Wildman–Crippen MR) is 80.0 cm³/mol. The molecule has 0 unspecified atom stereocenters. The molecular formula is C13H12ClN5S. The Morgan fingerprint density at radius 3 is 3.00 bits per heavy atom. The lowest BCUT2D eigenvalue weighted by Gasteiger charge is -2.08. The van der Waals surface area contributed by atoms with Gasteiger partial charge in [0.15, 0.2) is 5.65 Å². The van der Waals surface area contributed by atoms with E-state index >= 15 is 0 Å². The van der Waals surface area contributed by atoms with E-state index in [9.17, 15) is 0 Å². The van der Waals surface area contributed by atoms with Gasteiger partial charge in [-0.05, 0) is 30.7 Å². The molecule has 0 atom stereocenters. The zero-order chi connectivity index (χ0) is 13.9. The number of aromatic amines is 1. The number of halogens is 1. The van der Waals surface area contributed by atoms with Gasteiger partial charge in [-0.1, -0.05) is 29.4 Å². The van der Waals surface area contributed by atoms with Crippen LogP contribution in [0.15, 0.2) is 40.8 Å². The summed E-state index contributed by atoms with van der Waals surface area (Å²) < 4.78 is 0. The minimum absolute atomic E-state index is 0.596. The van der Waals surface area contributed by atoms with Gasteiger partial charge in [0.1, 0.15) is 16.9 Å². The van der Waals surface area contributed by atoms with Crippen LogP contribution >= 0.6 is 23.4 Å². The summed E-state index contributed by atoms with van der Waals surface area (Å²) in [5.74, 6) is 0. The summed E-state index contributed by atoms with van der Waals surface area (Å²) in [5.41, 5.74) is 8.30. The van der Waals surface area contributed by atoms with Gasteiger partial charge < -0.3 is 10.7 Å². The molecule has 0 amide bonds. The molecule has 0 aliphatic carbocycles. The molecule has 3 N–H and O–H groups in total. The molecule has 7 heteroatoms. The topological polar surface area (TPSA) is 80.5 Å². The highest BCUT2D eigenvalue weighted by Gasteiger charge is 2.11. The SMILES string of the molecule is NCCc1ccc(Cl)cc1Sc1ncnc2nc[nH]c12. The van der Waals surface area contributed by atoms with E-state index in [1.54, 1.807) is 18.1 Å². The lowest BCUT2D eigenvalue weighted by Crippen LogP contribution is -2.03. The molecule has 3 aromatic rings. The fraction of sp³-hybridized carbons (Fsp3) is 0.154. The standard InChI is InChI=1S/C13H12ClN5S/c14-9-2-1-8(3-4-15)10(5-9)20-13-11-12(17-6-16-11)18-7-19-13/h1-2,5-7H,3-4,15H2,(H,16,17,18,19). The van der Waals surface area contributed by atoms with Gasteiger partial charge in [-0.25, -0.2) is 15.0 Å². The monoisotopic (exact) mass is 305 g/mol. The van der Waals surface area contributed by atoms with Crippen LogP contribution in [0, 0.1) is 0 Å². The Kier molecular flexibility index (Phi) is 3.86. The maximum Gasteiger partial charge on any atom is 0.181 e. The van der Waals surface area contributed by atoms with Crippen molar-refractivity contribution in [2.24, 2.45) is 5.73 Å². The van der Waals surface area contributed by atoms with Gasteiger partial charge in [0.2, 0.25) is 0 Å². The fourth-order valence-corrected chi connectivity index (χ4v) is 3.19. The lowest BCUT2D eigenvalue weighted by atomic mass is 10.1. The van der Waals surface area contributed by atoms with Crippen molar-refractivity contribution in [1.29, 1.82) is 0 Å². The summed E-state index contributed by atoms with van der Waals surface area (Å²) in [4.78, 5) is 16.7. The molecule has 2 aromatic heterocycles. The van der Waals surface area contributed by atoms with Crippen LogP contribution in [0.4, 0.5) is 0 Å². The highest BCUT2D eigenvalue weighted by Crippen LogP contribution is 2.33. The molecular weight excluding hydrogens is 294 g/mol. The van der Waals surface area contributed by atoms with Gasteiger partial charge >= 0.3 is 0 Å². The number of nitrogens with two attached hydrogens (primary N) is 1. The van der Waals surface area contributed by atoms with E-state index < -0.39 is 0 Å². The van der Waals surface area contributed by atoms with Crippen molar-refractivity contribution < 1.29 is 0 Å². The minimum atomic E-state index is 0.596. The van der Waals surface area contributed by atoms with Crippen molar-refractivity contribution in [3.05, 3.63) is 41.4 Å². The first-order valence-corrected chi connectivity index (χ1v) is 7.28. The average molecular weight is 306 g/mol. The molecule has 1 aromatic carbocycles. The molecule has 102 valence electrons. The zero-order valence-corrected chi connectivity index (χ0v) is 12.1. The van der Waals surface area contributed by atoms with E-state index in [1.165, 1.54) is 6.33 Å². The number of nitrogens with one attached hydrogen (secondary N) is 1. The largest absolute Gasteiger partial charge is 0.341 e. The summed E-state index contributed by atoms with van der Waals surface area (Å²) in [7, 11) is 0. The summed E-state index contributed by atoms with van der Waals surface area (Å²) in [6.07, 6.45) is 3.93. The molecule has 0 aliphatic heterocycles. The molecule has 0 aliphatic rings. The van der Waals surface area contributed by atoms with Crippen LogP contribution in [0.1, 0.15) is 5.56 Å². The van der Waals surface area contributed by atoms with Gasteiger partial charge in [-0.15, -0.1) is 0 Å². The Morgan fingerprint density at radius 1 is 1.25 bits per heavy atom. The predicted octanol–water partition coefficient (Wildman–Crippen LogP) is 2.66. The van der Waals surface area contributed by atoms with Crippen LogP contribution in [0.3, 0.4) is 0 Å². The van der Waals surface area contributed by atoms with Gasteiger partial charge in [-0.2, -0.15) is 0 Å². The van der Waals surface area contributed by atoms with Gasteiger partial charge in [-0.3, -0.25) is 0 Å². The zero-order valence-electron chi connectivity index (χ0n) is 10.5. The Labute approximate surface area is 125 Å². The molecule has 0 bridgehead atoms. The Bertz CT molecular complexity index is 742.